The molecule has 0 bridgehead atoms. The highest BCUT2D eigenvalue weighted by atomic mass is 19.2. The Morgan fingerprint density at radius 2 is 1.47 bits per heavy atom. The Morgan fingerprint density at radius 1 is 0.917 bits per heavy atom. The minimum Gasteiger partial charge on any atom is -0.444 e. The standard InChI is InChI=1S/C12H24N2O2.C12H20N2O.C12H21NO2.C11H25NO.C5H10O.C3H6FN.C2H6/c1-8(2)10(9(3)13)14(7)11(15)16-12(4,5)6;1-10(14-3)12(15-9-13-2)11-7-5-4-6-8-11;1-3-10(7-8-14)12-6-5-11(4-2)13(12)9-15;1-7-9(3)11(12(4)5)10(8-2)13-6;1-5(2)3-4-6;1-2-3-5-4;1-2/h8,10H,3,13H2,1-2,4-7H3;4-8,10,12-14H,9H2,1-3H3;8-12H,3-7H2,1-2H3;9-11H,7-8H2,1-6H3;4-5H,3H2,1-2H3;2,5H,1,3H2;1-2H3/t;10-,12?;;;;;/m.1...../s1. The van der Waals surface area contributed by atoms with Crippen molar-refractivity contribution in [1.82, 2.24) is 30.9 Å². The predicted molar refractivity (Wildman–Crippen MR) is 302 cm³/mol. The number of likely N-dealkylation sites (N-methyl/N-ethyl adjacent to an activating group) is 3. The number of aldehydes is 2. The van der Waals surface area contributed by atoms with Gasteiger partial charge in [0.05, 0.1) is 25.0 Å². The fraction of sp³-hybridized carbons (Fsp3) is 0.754. The zero-order chi connectivity index (χ0) is 57.0. The van der Waals surface area contributed by atoms with Gasteiger partial charge in [-0.3, -0.25) is 10.1 Å². The Labute approximate surface area is 441 Å². The zero-order valence-electron chi connectivity index (χ0n) is 49.7. The first-order valence-corrected chi connectivity index (χ1v) is 26.5. The molecule has 5 N–H and O–H groups in total. The van der Waals surface area contributed by atoms with E-state index in [0.29, 0.717) is 73.3 Å². The van der Waals surface area contributed by atoms with Crippen molar-refractivity contribution in [2.24, 2.45) is 29.4 Å². The molecule has 1 fully saturated rings. The summed E-state index contributed by atoms with van der Waals surface area (Å²) in [7, 11) is 11.6. The number of ether oxygens (including phenoxy) is 3. The average molecular weight is 1030 g/mol. The van der Waals surface area contributed by atoms with Crippen molar-refractivity contribution in [3.8, 4) is 0 Å². The first kappa shape index (κ1) is 77.2. The topological polar surface area (TPSA) is 168 Å². The quantitative estimate of drug-likeness (QED) is 0.0317. The molecular formula is C57H112FN7O7. The third-order valence-electron chi connectivity index (χ3n) is 11.9. The molecule has 424 valence electrons. The van der Waals surface area contributed by atoms with Gasteiger partial charge in [0, 0.05) is 63.4 Å². The molecule has 0 aromatic heterocycles. The van der Waals surface area contributed by atoms with Gasteiger partial charge in [0.2, 0.25) is 6.41 Å². The molecule has 15 heteroatoms. The summed E-state index contributed by atoms with van der Waals surface area (Å²) < 4.78 is 27.2. The number of nitrogens with zero attached hydrogens (tertiary/aromatic N) is 3. The van der Waals surface area contributed by atoms with Gasteiger partial charge in [0.1, 0.15) is 18.2 Å². The number of carbonyl (C=O) groups excluding carboxylic acids is 4. The van der Waals surface area contributed by atoms with Crippen LogP contribution in [0.3, 0.4) is 0 Å². The molecule has 72 heavy (non-hydrogen) atoms. The average Bonchev–Trinajstić information content (AvgIpc) is 3.76. The van der Waals surface area contributed by atoms with Crippen LogP contribution in [0.15, 0.2) is 55.3 Å². The second-order valence-electron chi connectivity index (χ2n) is 19.7. The summed E-state index contributed by atoms with van der Waals surface area (Å²) >= 11 is 0. The number of halogens is 1. The lowest BCUT2D eigenvalue weighted by Gasteiger charge is -2.35. The summed E-state index contributed by atoms with van der Waals surface area (Å²) in [5.74, 6) is 1.78. The lowest BCUT2D eigenvalue weighted by Crippen LogP contribution is -2.45. The summed E-state index contributed by atoms with van der Waals surface area (Å²) in [5.41, 5.74) is 8.28. The number of likely N-dealkylation sites (tertiary alicyclic amines) is 1. The van der Waals surface area contributed by atoms with Crippen molar-refractivity contribution in [3.05, 3.63) is 60.8 Å². The van der Waals surface area contributed by atoms with Gasteiger partial charge in [0.25, 0.3) is 0 Å². The minimum absolute atomic E-state index is 0.0867. The maximum absolute atomic E-state index is 11.8. The summed E-state index contributed by atoms with van der Waals surface area (Å²) in [5, 5.41) is 6.22. The molecule has 14 nitrogen and oxygen atoms in total. The molecule has 1 aromatic rings. The number of rotatable bonds is 25. The fourth-order valence-electron chi connectivity index (χ4n) is 8.02. The summed E-state index contributed by atoms with van der Waals surface area (Å²) in [6.07, 6.45) is 12.1. The number of amides is 2. The molecule has 1 aliphatic rings. The first-order valence-electron chi connectivity index (χ1n) is 26.5. The van der Waals surface area contributed by atoms with Gasteiger partial charge in [-0.2, -0.15) is 5.54 Å². The highest BCUT2D eigenvalue weighted by Crippen LogP contribution is 2.32. The van der Waals surface area contributed by atoms with Crippen molar-refractivity contribution in [2.75, 3.05) is 55.6 Å². The molecule has 1 aromatic carbocycles. The molecule has 2 amide bonds. The summed E-state index contributed by atoms with van der Waals surface area (Å²) in [6.45, 7) is 38.3. The van der Waals surface area contributed by atoms with Crippen LogP contribution in [0.25, 0.3) is 0 Å². The van der Waals surface area contributed by atoms with Gasteiger partial charge in [-0.15, -0.1) is 11.1 Å². The maximum Gasteiger partial charge on any atom is 0.410 e. The Kier molecular flexibility index (Phi) is 51.7. The largest absolute Gasteiger partial charge is 0.444 e. The van der Waals surface area contributed by atoms with E-state index in [9.17, 15) is 23.7 Å². The van der Waals surface area contributed by atoms with Crippen LogP contribution in [0, 0.1) is 23.7 Å². The number of hydrogen-bond donors (Lipinski definition) is 4. The predicted octanol–water partition coefficient (Wildman–Crippen LogP) is 11.2. The van der Waals surface area contributed by atoms with Gasteiger partial charge in [-0.25, -0.2) is 4.79 Å². The SMILES string of the molecule is C=C(N)C(C(C)C)N(C)C(=O)OC(C)(C)C.C=CCNF.CC.CC(C)CC=O.CCC(C)C(C(CC)OC)N(C)C.CCC(CC=O)C1CCC(CC)N1C=O.CNCOC(c1ccccc1)[C@@H](C)NC. The van der Waals surface area contributed by atoms with Crippen LogP contribution in [-0.4, -0.2) is 137 Å². The Bertz CT molecular complexity index is 1450. The van der Waals surface area contributed by atoms with Crippen LogP contribution < -0.4 is 21.9 Å². The number of nitrogens with two attached hydrogens (primary N) is 1. The van der Waals surface area contributed by atoms with Crippen LogP contribution in [0.2, 0.25) is 0 Å². The van der Waals surface area contributed by atoms with E-state index in [4.69, 9.17) is 19.9 Å². The molecule has 1 heterocycles. The second kappa shape index (κ2) is 48.2. The van der Waals surface area contributed by atoms with Crippen LogP contribution in [0.1, 0.15) is 167 Å². The smallest absolute Gasteiger partial charge is 0.410 e. The highest BCUT2D eigenvalue weighted by Gasteiger charge is 2.35. The number of carbonyl (C=O) groups is 4. The molecule has 8 unspecified atom stereocenters. The lowest BCUT2D eigenvalue weighted by atomic mass is 9.92. The van der Waals surface area contributed by atoms with Crippen LogP contribution in [0.4, 0.5) is 9.28 Å². The molecular weight excluding hydrogens is 914 g/mol. The fourth-order valence-corrected chi connectivity index (χ4v) is 8.02. The van der Waals surface area contributed by atoms with Crippen LogP contribution in [-0.2, 0) is 28.6 Å². The van der Waals surface area contributed by atoms with E-state index in [2.05, 4.69) is 96.5 Å². The van der Waals surface area contributed by atoms with Crippen molar-refractivity contribution in [1.29, 1.82) is 0 Å². The highest BCUT2D eigenvalue weighted by molar-refractivity contribution is 5.68. The maximum atomic E-state index is 11.8. The van der Waals surface area contributed by atoms with Crippen LogP contribution in [0.5, 0.6) is 0 Å². The van der Waals surface area contributed by atoms with E-state index >= 15 is 0 Å². The van der Waals surface area contributed by atoms with Gasteiger partial charge >= 0.3 is 6.09 Å². The second-order valence-corrected chi connectivity index (χ2v) is 19.7. The van der Waals surface area contributed by atoms with Gasteiger partial charge in [-0.1, -0.05) is 132 Å². The summed E-state index contributed by atoms with van der Waals surface area (Å²) in [6, 6.07) is 11.6. The number of benzene rings is 1. The van der Waals surface area contributed by atoms with Crippen molar-refractivity contribution in [2.45, 2.75) is 203 Å². The van der Waals surface area contributed by atoms with E-state index < -0.39 is 5.60 Å². The molecule has 1 saturated heterocycles. The van der Waals surface area contributed by atoms with Crippen LogP contribution >= 0.6 is 0 Å². The van der Waals surface area contributed by atoms with Gasteiger partial charge < -0.3 is 49.5 Å². The molecule has 0 saturated carbocycles. The molecule has 0 radical (unpaired) electrons. The number of hydrogen-bond acceptors (Lipinski definition) is 12. The van der Waals surface area contributed by atoms with E-state index in [-0.39, 0.29) is 30.7 Å². The van der Waals surface area contributed by atoms with Gasteiger partial charge in [-0.05, 0) is 111 Å². The minimum atomic E-state index is -0.497. The third kappa shape index (κ3) is 36.2. The molecule has 1 aliphatic heterocycles. The molecule has 2 rings (SSSR count). The van der Waals surface area contributed by atoms with E-state index in [0.717, 1.165) is 51.1 Å². The number of methoxy groups -OCH3 is 1. The third-order valence-corrected chi connectivity index (χ3v) is 11.9. The zero-order valence-corrected chi connectivity index (χ0v) is 49.7. The first-order chi connectivity index (χ1) is 33.9. The normalized spacial score (nSPS) is 16.6. The molecule has 9 atom stereocenters. The lowest BCUT2D eigenvalue weighted by molar-refractivity contribution is -0.122. The Balaban J connectivity index is -0.000000256. The van der Waals surface area contributed by atoms with E-state index in [1.165, 1.54) is 28.5 Å². The van der Waals surface area contributed by atoms with E-state index in [1.807, 2.05) is 107 Å². The Hall–Kier alpha value is -3.73. The monoisotopic (exact) mass is 1030 g/mol. The van der Waals surface area contributed by atoms with Crippen molar-refractivity contribution >= 4 is 25.1 Å². The Morgan fingerprint density at radius 3 is 1.78 bits per heavy atom. The molecule has 0 aliphatic carbocycles. The number of nitrogens with one attached hydrogen (secondary N) is 3. The summed E-state index contributed by atoms with van der Waals surface area (Å²) in [4.78, 5) is 48.8. The van der Waals surface area contributed by atoms with Gasteiger partial charge in [0.15, 0.2) is 0 Å². The van der Waals surface area contributed by atoms with Crippen molar-refractivity contribution < 1.29 is 37.9 Å². The van der Waals surface area contributed by atoms with Crippen molar-refractivity contribution in [3.63, 3.8) is 0 Å². The van der Waals surface area contributed by atoms with E-state index in [1.54, 1.807) is 7.05 Å². The molecule has 0 spiro atoms.